The van der Waals surface area contributed by atoms with E-state index in [1.54, 1.807) is 0 Å². The van der Waals surface area contributed by atoms with Gasteiger partial charge in [-0.05, 0) is 6.42 Å². The van der Waals surface area contributed by atoms with Gasteiger partial charge in [0.25, 0.3) is 0 Å². The number of carboxylic acids is 2. The number of aliphatic carboxylic acids is 2. The Hall–Kier alpha value is -1.63. The van der Waals surface area contributed by atoms with Crippen LogP contribution in [0.1, 0.15) is 19.8 Å². The van der Waals surface area contributed by atoms with Gasteiger partial charge in [0, 0.05) is 13.0 Å². The van der Waals surface area contributed by atoms with Crippen molar-refractivity contribution in [1.29, 1.82) is 0 Å². The fourth-order valence-electron chi connectivity index (χ4n) is 0.853. The molecule has 0 saturated heterocycles. The van der Waals surface area contributed by atoms with Crippen LogP contribution >= 0.6 is 0 Å². The second-order valence-electron chi connectivity index (χ2n) is 3.53. The second kappa shape index (κ2) is 6.78. The molecule has 0 radical (unpaired) electrons. The van der Waals surface area contributed by atoms with E-state index in [0.29, 0.717) is 0 Å². The van der Waals surface area contributed by atoms with Gasteiger partial charge < -0.3 is 21.3 Å². The highest BCUT2D eigenvalue weighted by Gasteiger charge is 2.15. The average Bonchev–Trinajstić information content (AvgIpc) is 2.21. The maximum atomic E-state index is 11.1. The molecule has 0 spiro atoms. The van der Waals surface area contributed by atoms with Crippen molar-refractivity contribution in [1.82, 2.24) is 5.32 Å². The Morgan fingerprint density at radius 2 is 1.81 bits per heavy atom. The first-order chi connectivity index (χ1) is 7.34. The Kier molecular flexibility index (Phi) is 6.09. The van der Waals surface area contributed by atoms with Gasteiger partial charge in [0.15, 0.2) is 0 Å². The highest BCUT2D eigenvalue weighted by atomic mass is 16.4. The lowest BCUT2D eigenvalue weighted by Gasteiger charge is -2.09. The molecule has 0 aromatic heterocycles. The van der Waals surface area contributed by atoms with Crippen LogP contribution in [0.4, 0.5) is 0 Å². The lowest BCUT2D eigenvalue weighted by Crippen LogP contribution is -2.34. The van der Waals surface area contributed by atoms with Gasteiger partial charge in [0.05, 0.1) is 5.92 Å². The topological polar surface area (TPSA) is 130 Å². The molecule has 0 heterocycles. The van der Waals surface area contributed by atoms with E-state index < -0.39 is 29.8 Å². The summed E-state index contributed by atoms with van der Waals surface area (Å²) in [5.74, 6) is -3.23. The van der Waals surface area contributed by atoms with Gasteiger partial charge >= 0.3 is 11.9 Å². The quantitative estimate of drug-likeness (QED) is 0.446. The van der Waals surface area contributed by atoms with E-state index in [2.05, 4.69) is 5.32 Å². The fourth-order valence-corrected chi connectivity index (χ4v) is 0.853. The van der Waals surface area contributed by atoms with Crippen LogP contribution in [0.3, 0.4) is 0 Å². The first-order valence-corrected chi connectivity index (χ1v) is 4.82. The molecule has 1 amide bonds. The molecule has 92 valence electrons. The monoisotopic (exact) mass is 232 g/mol. The van der Waals surface area contributed by atoms with Crippen molar-refractivity contribution in [3.63, 3.8) is 0 Å². The molecule has 2 unspecified atom stereocenters. The largest absolute Gasteiger partial charge is 0.481 e. The van der Waals surface area contributed by atoms with Crippen LogP contribution in [0.25, 0.3) is 0 Å². The zero-order valence-electron chi connectivity index (χ0n) is 8.97. The lowest BCUT2D eigenvalue weighted by molar-refractivity contribution is -0.141. The number of carbonyl (C=O) groups is 3. The van der Waals surface area contributed by atoms with E-state index >= 15 is 0 Å². The predicted octanol–water partition coefficient (Wildman–Crippen LogP) is -0.985. The van der Waals surface area contributed by atoms with E-state index in [-0.39, 0.29) is 19.4 Å². The van der Waals surface area contributed by atoms with Crippen molar-refractivity contribution in [2.45, 2.75) is 25.8 Å². The number of hydrogen-bond donors (Lipinski definition) is 4. The molecular weight excluding hydrogens is 216 g/mol. The van der Waals surface area contributed by atoms with Crippen molar-refractivity contribution in [2.75, 3.05) is 6.54 Å². The molecule has 0 bridgehead atoms. The molecule has 0 aliphatic carbocycles. The zero-order chi connectivity index (χ0) is 12.7. The van der Waals surface area contributed by atoms with Gasteiger partial charge in [-0.2, -0.15) is 0 Å². The summed E-state index contributed by atoms with van der Waals surface area (Å²) in [4.78, 5) is 31.9. The Bertz CT molecular complexity index is 253. The zero-order valence-corrected chi connectivity index (χ0v) is 8.97. The number of nitrogens with two attached hydrogens (primary N) is 1. The van der Waals surface area contributed by atoms with Crippen LogP contribution in [0.2, 0.25) is 0 Å². The molecule has 0 aliphatic heterocycles. The van der Waals surface area contributed by atoms with Crippen molar-refractivity contribution in [3.8, 4) is 0 Å². The summed E-state index contributed by atoms with van der Waals surface area (Å²) in [6.07, 6.45) is 0.00241. The molecule has 0 saturated carbocycles. The van der Waals surface area contributed by atoms with Crippen molar-refractivity contribution >= 4 is 17.8 Å². The van der Waals surface area contributed by atoms with E-state index in [9.17, 15) is 14.4 Å². The average molecular weight is 232 g/mol. The molecule has 2 atom stereocenters. The molecule has 16 heavy (non-hydrogen) atoms. The van der Waals surface area contributed by atoms with Crippen LogP contribution in [0.5, 0.6) is 0 Å². The maximum Gasteiger partial charge on any atom is 0.320 e. The minimum absolute atomic E-state index is 0.0243. The second-order valence-corrected chi connectivity index (χ2v) is 3.53. The molecule has 7 nitrogen and oxygen atoms in total. The Morgan fingerprint density at radius 3 is 2.25 bits per heavy atom. The summed E-state index contributed by atoms with van der Waals surface area (Å²) in [6.45, 7) is 1.49. The summed E-state index contributed by atoms with van der Waals surface area (Å²) in [5.41, 5.74) is 5.20. The lowest BCUT2D eigenvalue weighted by atomic mass is 10.1. The number of amides is 1. The molecule has 0 aliphatic rings. The van der Waals surface area contributed by atoms with Gasteiger partial charge in [0.1, 0.15) is 6.04 Å². The minimum Gasteiger partial charge on any atom is -0.481 e. The van der Waals surface area contributed by atoms with Gasteiger partial charge in [-0.3, -0.25) is 14.4 Å². The molecule has 0 fully saturated rings. The van der Waals surface area contributed by atoms with Crippen LogP contribution < -0.4 is 11.1 Å². The molecule has 0 rings (SSSR count). The van der Waals surface area contributed by atoms with E-state index in [0.717, 1.165) is 0 Å². The predicted molar refractivity (Wildman–Crippen MR) is 54.7 cm³/mol. The Balaban J connectivity index is 3.75. The van der Waals surface area contributed by atoms with E-state index in [1.165, 1.54) is 6.92 Å². The van der Waals surface area contributed by atoms with Crippen LogP contribution in [0.15, 0.2) is 0 Å². The number of carbonyl (C=O) groups excluding carboxylic acids is 1. The SMILES string of the molecule is CC(CNC(=O)CCC(N)C(=O)O)C(=O)O. The minimum atomic E-state index is -1.16. The van der Waals surface area contributed by atoms with Crippen molar-refractivity contribution in [3.05, 3.63) is 0 Å². The molecule has 0 aromatic rings. The summed E-state index contributed by atoms with van der Waals surface area (Å²) in [5, 5.41) is 19.4. The molecule has 0 aromatic carbocycles. The Morgan fingerprint density at radius 1 is 1.25 bits per heavy atom. The number of nitrogens with one attached hydrogen (secondary N) is 1. The van der Waals surface area contributed by atoms with Crippen molar-refractivity contribution < 1.29 is 24.6 Å². The van der Waals surface area contributed by atoms with Crippen LogP contribution in [-0.4, -0.2) is 40.6 Å². The van der Waals surface area contributed by atoms with Gasteiger partial charge in [0.2, 0.25) is 5.91 Å². The molecule has 7 heteroatoms. The summed E-state index contributed by atoms with van der Waals surface area (Å²) in [7, 11) is 0. The summed E-state index contributed by atoms with van der Waals surface area (Å²) in [6, 6.07) is -1.07. The Labute approximate surface area is 92.6 Å². The number of rotatable bonds is 7. The normalized spacial score (nSPS) is 13.9. The van der Waals surface area contributed by atoms with Crippen LogP contribution in [0, 0.1) is 5.92 Å². The van der Waals surface area contributed by atoms with E-state index in [1.807, 2.05) is 0 Å². The highest BCUT2D eigenvalue weighted by molar-refractivity contribution is 5.79. The number of carboxylic acid groups (broad SMARTS) is 2. The van der Waals surface area contributed by atoms with Gasteiger partial charge in [-0.15, -0.1) is 0 Å². The highest BCUT2D eigenvalue weighted by Crippen LogP contribution is 1.96. The summed E-state index contributed by atoms with van der Waals surface area (Å²) >= 11 is 0. The van der Waals surface area contributed by atoms with Gasteiger partial charge in [-0.25, -0.2) is 0 Å². The smallest absolute Gasteiger partial charge is 0.320 e. The van der Waals surface area contributed by atoms with Crippen molar-refractivity contribution in [2.24, 2.45) is 11.7 Å². The fraction of sp³-hybridized carbons (Fsp3) is 0.667. The molecular formula is C9H16N2O5. The van der Waals surface area contributed by atoms with E-state index in [4.69, 9.17) is 15.9 Å². The molecule has 5 N–H and O–H groups in total. The standard InChI is InChI=1S/C9H16N2O5/c1-5(8(13)14)4-11-7(12)3-2-6(10)9(15)16/h5-6H,2-4,10H2,1H3,(H,11,12)(H,13,14)(H,15,16). The maximum absolute atomic E-state index is 11.1. The number of hydrogen-bond acceptors (Lipinski definition) is 4. The third kappa shape index (κ3) is 5.97. The van der Waals surface area contributed by atoms with Gasteiger partial charge in [-0.1, -0.05) is 6.92 Å². The third-order valence-electron chi connectivity index (χ3n) is 2.03. The first-order valence-electron chi connectivity index (χ1n) is 4.82. The first kappa shape index (κ1) is 14.4. The third-order valence-corrected chi connectivity index (χ3v) is 2.03. The summed E-state index contributed by atoms with van der Waals surface area (Å²) < 4.78 is 0. The van der Waals surface area contributed by atoms with Crippen LogP contribution in [-0.2, 0) is 14.4 Å².